The number of nitrogens with one attached hydrogen (secondary N) is 1. The second-order valence-electron chi connectivity index (χ2n) is 6.10. The first-order chi connectivity index (χ1) is 11.1. The van der Waals surface area contributed by atoms with E-state index in [1.165, 1.54) is 11.3 Å². The number of carbonyl (C=O) groups excluding carboxylic acids is 1. The largest absolute Gasteiger partial charge is 0.370 e. The quantitative estimate of drug-likeness (QED) is 0.853. The number of pyridine rings is 1. The highest BCUT2D eigenvalue weighted by Gasteiger charge is 2.23. The van der Waals surface area contributed by atoms with Gasteiger partial charge in [-0.25, -0.2) is 4.98 Å². The second-order valence-corrected chi connectivity index (χ2v) is 7.10. The summed E-state index contributed by atoms with van der Waals surface area (Å²) < 4.78 is 0. The van der Waals surface area contributed by atoms with Crippen molar-refractivity contribution in [3.05, 3.63) is 45.8 Å². The predicted octanol–water partition coefficient (Wildman–Crippen LogP) is 2.48. The summed E-state index contributed by atoms with van der Waals surface area (Å²) in [4.78, 5) is 19.3. The van der Waals surface area contributed by atoms with Gasteiger partial charge in [0, 0.05) is 35.6 Å². The van der Waals surface area contributed by atoms with Crippen molar-refractivity contribution in [2.24, 2.45) is 11.7 Å². The SMILES string of the molecule is Cc1cccc(NC[C@@H]2CCN(Cc3cc(C(N)=O)cs3)C2)n1. The number of carbonyl (C=O) groups is 1. The van der Waals surface area contributed by atoms with Crippen molar-refractivity contribution in [3.8, 4) is 0 Å². The maximum absolute atomic E-state index is 11.1. The highest BCUT2D eigenvalue weighted by molar-refractivity contribution is 7.10. The number of thiophene rings is 1. The van der Waals surface area contributed by atoms with E-state index in [-0.39, 0.29) is 5.91 Å². The van der Waals surface area contributed by atoms with Gasteiger partial charge in [-0.15, -0.1) is 11.3 Å². The van der Waals surface area contributed by atoms with Gasteiger partial charge in [-0.2, -0.15) is 0 Å². The number of aromatic nitrogens is 1. The van der Waals surface area contributed by atoms with Crippen molar-refractivity contribution < 1.29 is 4.79 Å². The minimum Gasteiger partial charge on any atom is -0.370 e. The molecule has 1 aliphatic rings. The first-order valence-corrected chi connectivity index (χ1v) is 8.75. The fraction of sp³-hybridized carbons (Fsp3) is 0.412. The number of nitrogens with two attached hydrogens (primary N) is 1. The van der Waals surface area contributed by atoms with Gasteiger partial charge >= 0.3 is 0 Å². The van der Waals surface area contributed by atoms with Crippen molar-refractivity contribution in [1.82, 2.24) is 9.88 Å². The molecule has 0 bridgehead atoms. The Kier molecular flexibility index (Phi) is 4.93. The van der Waals surface area contributed by atoms with E-state index in [0.29, 0.717) is 11.5 Å². The molecule has 3 heterocycles. The van der Waals surface area contributed by atoms with Crippen molar-refractivity contribution in [2.75, 3.05) is 25.0 Å². The molecule has 1 aliphatic heterocycles. The van der Waals surface area contributed by atoms with Crippen LogP contribution in [0.4, 0.5) is 5.82 Å². The van der Waals surface area contributed by atoms with Crippen molar-refractivity contribution >= 4 is 23.1 Å². The van der Waals surface area contributed by atoms with E-state index in [2.05, 4.69) is 15.2 Å². The molecular formula is C17H22N4OS. The highest BCUT2D eigenvalue weighted by Crippen LogP contribution is 2.22. The van der Waals surface area contributed by atoms with Crippen LogP contribution in [0, 0.1) is 12.8 Å². The lowest BCUT2D eigenvalue weighted by molar-refractivity contribution is 0.100. The average Bonchev–Trinajstić information content (AvgIpc) is 3.15. The fourth-order valence-corrected chi connectivity index (χ4v) is 3.84. The number of anilines is 1. The van der Waals surface area contributed by atoms with E-state index in [1.54, 1.807) is 11.3 Å². The van der Waals surface area contributed by atoms with Gasteiger partial charge in [0.2, 0.25) is 5.91 Å². The summed E-state index contributed by atoms with van der Waals surface area (Å²) in [5, 5.41) is 5.28. The van der Waals surface area contributed by atoms with Gasteiger partial charge in [-0.1, -0.05) is 6.07 Å². The lowest BCUT2D eigenvalue weighted by Gasteiger charge is -2.15. The summed E-state index contributed by atoms with van der Waals surface area (Å²) in [5.41, 5.74) is 6.95. The lowest BCUT2D eigenvalue weighted by Crippen LogP contribution is -2.22. The van der Waals surface area contributed by atoms with Crippen LogP contribution in [-0.4, -0.2) is 35.4 Å². The van der Waals surface area contributed by atoms with E-state index in [4.69, 9.17) is 5.73 Å². The molecule has 5 nitrogen and oxygen atoms in total. The van der Waals surface area contributed by atoms with Crippen LogP contribution in [0.5, 0.6) is 0 Å². The third-order valence-corrected chi connectivity index (χ3v) is 5.07. The maximum atomic E-state index is 11.1. The van der Waals surface area contributed by atoms with Crippen molar-refractivity contribution in [1.29, 1.82) is 0 Å². The number of hydrogen-bond acceptors (Lipinski definition) is 5. The summed E-state index contributed by atoms with van der Waals surface area (Å²) in [6.45, 7) is 6.02. The van der Waals surface area contributed by atoms with Crippen LogP contribution in [-0.2, 0) is 6.54 Å². The Hall–Kier alpha value is -1.92. The van der Waals surface area contributed by atoms with E-state index in [1.807, 2.05) is 36.6 Å². The zero-order valence-electron chi connectivity index (χ0n) is 13.3. The van der Waals surface area contributed by atoms with Crippen molar-refractivity contribution in [3.63, 3.8) is 0 Å². The summed E-state index contributed by atoms with van der Waals surface area (Å²) in [6, 6.07) is 7.95. The summed E-state index contributed by atoms with van der Waals surface area (Å²) in [7, 11) is 0. The summed E-state index contributed by atoms with van der Waals surface area (Å²) in [6.07, 6.45) is 1.19. The average molecular weight is 330 g/mol. The van der Waals surface area contributed by atoms with Gasteiger partial charge in [-0.05, 0) is 44.0 Å². The van der Waals surface area contributed by atoms with E-state index in [0.717, 1.165) is 37.7 Å². The van der Waals surface area contributed by atoms with Gasteiger partial charge < -0.3 is 11.1 Å². The normalized spacial score (nSPS) is 18.2. The number of aryl methyl sites for hydroxylation is 1. The molecule has 0 aromatic carbocycles. The molecule has 0 aliphatic carbocycles. The minimum absolute atomic E-state index is 0.346. The molecule has 122 valence electrons. The molecule has 0 radical (unpaired) electrons. The Bertz CT molecular complexity index is 685. The van der Waals surface area contributed by atoms with Crippen LogP contribution in [0.15, 0.2) is 29.6 Å². The van der Waals surface area contributed by atoms with Gasteiger partial charge in [0.25, 0.3) is 0 Å². The van der Waals surface area contributed by atoms with Crippen LogP contribution >= 0.6 is 11.3 Å². The smallest absolute Gasteiger partial charge is 0.249 e. The molecule has 1 atom stereocenters. The fourth-order valence-electron chi connectivity index (χ4n) is 2.93. The second kappa shape index (κ2) is 7.10. The Balaban J connectivity index is 1.47. The summed E-state index contributed by atoms with van der Waals surface area (Å²) >= 11 is 1.61. The molecule has 6 heteroatoms. The zero-order valence-corrected chi connectivity index (χ0v) is 14.1. The molecule has 3 N–H and O–H groups in total. The van der Waals surface area contributed by atoms with Gasteiger partial charge in [0.15, 0.2) is 0 Å². The minimum atomic E-state index is -0.346. The van der Waals surface area contributed by atoms with Crippen LogP contribution in [0.1, 0.15) is 27.3 Å². The van der Waals surface area contributed by atoms with Crippen LogP contribution in [0.3, 0.4) is 0 Å². The van der Waals surface area contributed by atoms with E-state index >= 15 is 0 Å². The molecule has 3 rings (SSSR count). The van der Waals surface area contributed by atoms with Crippen LogP contribution in [0.2, 0.25) is 0 Å². The number of rotatable bonds is 6. The maximum Gasteiger partial charge on any atom is 0.249 e. The third-order valence-electron chi connectivity index (χ3n) is 4.15. The summed E-state index contributed by atoms with van der Waals surface area (Å²) in [5.74, 6) is 1.24. The monoisotopic (exact) mass is 330 g/mol. The molecule has 1 saturated heterocycles. The number of hydrogen-bond donors (Lipinski definition) is 2. The molecule has 1 fully saturated rings. The zero-order chi connectivity index (χ0) is 16.2. The third kappa shape index (κ3) is 4.30. The standard InChI is InChI=1S/C17H22N4OS/c1-12-3-2-4-16(20-12)19-8-13-5-6-21(9-13)10-15-7-14(11-23-15)17(18)22/h2-4,7,11,13H,5-6,8-10H2,1H3,(H2,18,22)(H,19,20)/t13-/m0/s1. The number of primary amides is 1. The Morgan fingerprint density at radius 2 is 2.39 bits per heavy atom. The molecule has 23 heavy (non-hydrogen) atoms. The van der Waals surface area contributed by atoms with Gasteiger partial charge in [0.05, 0.1) is 5.56 Å². The molecule has 2 aromatic heterocycles. The molecule has 1 amide bonds. The van der Waals surface area contributed by atoms with Gasteiger partial charge in [0.1, 0.15) is 5.82 Å². The Morgan fingerprint density at radius 1 is 1.52 bits per heavy atom. The Labute approximate surface area is 140 Å². The molecule has 0 spiro atoms. The number of likely N-dealkylation sites (tertiary alicyclic amines) is 1. The first-order valence-electron chi connectivity index (χ1n) is 7.87. The Morgan fingerprint density at radius 3 is 3.13 bits per heavy atom. The van der Waals surface area contributed by atoms with E-state index < -0.39 is 0 Å². The number of amides is 1. The molecular weight excluding hydrogens is 308 g/mol. The lowest BCUT2D eigenvalue weighted by atomic mass is 10.1. The molecule has 2 aromatic rings. The van der Waals surface area contributed by atoms with Crippen LogP contribution in [0.25, 0.3) is 0 Å². The molecule has 0 unspecified atom stereocenters. The predicted molar refractivity (Wildman–Crippen MR) is 93.7 cm³/mol. The van der Waals surface area contributed by atoms with Crippen LogP contribution < -0.4 is 11.1 Å². The van der Waals surface area contributed by atoms with E-state index in [9.17, 15) is 4.79 Å². The van der Waals surface area contributed by atoms with Gasteiger partial charge in [-0.3, -0.25) is 9.69 Å². The highest BCUT2D eigenvalue weighted by atomic mass is 32.1. The molecule has 0 saturated carbocycles. The topological polar surface area (TPSA) is 71.2 Å². The number of nitrogens with zero attached hydrogens (tertiary/aromatic N) is 2. The first kappa shape index (κ1) is 16.0. The van der Waals surface area contributed by atoms with Crippen molar-refractivity contribution in [2.45, 2.75) is 19.9 Å².